The minimum absolute atomic E-state index is 0.159. The Hall–Kier alpha value is -2.44. The summed E-state index contributed by atoms with van der Waals surface area (Å²) in [6, 6.07) is 17.1. The molecule has 3 rings (SSSR count). The second-order valence-corrected chi connectivity index (χ2v) is 5.69. The molecule has 0 radical (unpaired) electrons. The van der Waals surface area contributed by atoms with E-state index in [4.69, 9.17) is 5.26 Å². The van der Waals surface area contributed by atoms with Crippen LogP contribution in [0.2, 0.25) is 0 Å². The van der Waals surface area contributed by atoms with Gasteiger partial charge in [0.25, 0.3) is 0 Å². The number of ketones is 1. The molecular formula is C19H17NO2. The molecule has 1 saturated carbocycles. The highest BCUT2D eigenvalue weighted by atomic mass is 16.3. The van der Waals surface area contributed by atoms with Crippen LogP contribution in [0.15, 0.2) is 48.5 Å². The van der Waals surface area contributed by atoms with Crippen LogP contribution in [0.5, 0.6) is 0 Å². The molecule has 2 aromatic carbocycles. The van der Waals surface area contributed by atoms with Crippen molar-refractivity contribution in [2.75, 3.05) is 0 Å². The zero-order chi connectivity index (χ0) is 15.5. The van der Waals surface area contributed by atoms with Crippen LogP contribution in [0.3, 0.4) is 0 Å². The number of benzene rings is 2. The van der Waals surface area contributed by atoms with Gasteiger partial charge in [0.2, 0.25) is 0 Å². The molecule has 0 aromatic heterocycles. The van der Waals surface area contributed by atoms with Crippen LogP contribution >= 0.6 is 0 Å². The number of nitrogens with zero attached hydrogens (tertiary/aromatic N) is 1. The molecule has 1 aliphatic rings. The molecule has 1 N–H and O–H groups in total. The maximum absolute atomic E-state index is 11.8. The molecule has 1 fully saturated rings. The molecule has 0 heterocycles. The summed E-state index contributed by atoms with van der Waals surface area (Å²) in [7, 11) is 0. The smallest absolute Gasteiger partial charge is 0.138 e. The lowest BCUT2D eigenvalue weighted by Gasteiger charge is -2.17. The number of rotatable bonds is 3. The zero-order valence-electron chi connectivity index (χ0n) is 12.2. The van der Waals surface area contributed by atoms with Crippen molar-refractivity contribution >= 4 is 5.78 Å². The molecule has 0 saturated heterocycles. The molecule has 0 unspecified atom stereocenters. The standard InChI is InChI=1S/C19H17NO2/c20-12-15-4-1-2-5-16(15)13-8-10-14(11-9-13)19(22)17-6-3-7-18(17)21/h1-2,4-5,8-11,17,19,22H,3,6-7H2/t17-,19+/m1/s1. The van der Waals surface area contributed by atoms with Crippen LogP contribution in [0.4, 0.5) is 0 Å². The van der Waals surface area contributed by atoms with Crippen LogP contribution in [0.1, 0.15) is 36.5 Å². The Morgan fingerprint density at radius 1 is 1.14 bits per heavy atom. The Balaban J connectivity index is 1.87. The molecule has 0 aliphatic heterocycles. The summed E-state index contributed by atoms with van der Waals surface area (Å²) in [5.74, 6) is -0.108. The van der Waals surface area contributed by atoms with Gasteiger partial charge in [0.1, 0.15) is 5.78 Å². The van der Waals surface area contributed by atoms with Crippen molar-refractivity contribution in [2.24, 2.45) is 5.92 Å². The van der Waals surface area contributed by atoms with Crippen molar-refractivity contribution in [1.29, 1.82) is 5.26 Å². The van der Waals surface area contributed by atoms with Gasteiger partial charge in [-0.1, -0.05) is 42.5 Å². The molecule has 2 atom stereocenters. The van der Waals surface area contributed by atoms with Crippen molar-refractivity contribution in [3.8, 4) is 17.2 Å². The first-order valence-corrected chi connectivity index (χ1v) is 7.51. The van der Waals surface area contributed by atoms with Gasteiger partial charge in [-0.25, -0.2) is 0 Å². The third kappa shape index (κ3) is 2.66. The second-order valence-electron chi connectivity index (χ2n) is 5.69. The summed E-state index contributed by atoms with van der Waals surface area (Å²) < 4.78 is 0. The second kappa shape index (κ2) is 6.13. The summed E-state index contributed by atoms with van der Waals surface area (Å²) in [6.45, 7) is 0. The minimum atomic E-state index is -0.727. The van der Waals surface area contributed by atoms with Gasteiger partial charge >= 0.3 is 0 Å². The first-order chi connectivity index (χ1) is 10.7. The van der Waals surface area contributed by atoms with Gasteiger partial charge in [0.05, 0.1) is 17.7 Å². The Morgan fingerprint density at radius 3 is 2.50 bits per heavy atom. The zero-order valence-corrected chi connectivity index (χ0v) is 12.2. The maximum Gasteiger partial charge on any atom is 0.138 e. The van der Waals surface area contributed by atoms with E-state index in [0.717, 1.165) is 29.5 Å². The fourth-order valence-electron chi connectivity index (χ4n) is 3.10. The number of aliphatic hydroxyl groups excluding tert-OH is 1. The summed E-state index contributed by atoms with van der Waals surface area (Å²) in [5.41, 5.74) is 3.20. The Kier molecular flexibility index (Phi) is 4.04. The number of nitriles is 1. The van der Waals surface area contributed by atoms with Gasteiger partial charge in [-0.05, 0) is 35.6 Å². The third-order valence-corrected chi connectivity index (χ3v) is 4.34. The van der Waals surface area contributed by atoms with Gasteiger partial charge in [-0.2, -0.15) is 5.26 Å². The van der Waals surface area contributed by atoms with E-state index in [2.05, 4.69) is 6.07 Å². The lowest BCUT2D eigenvalue weighted by Crippen LogP contribution is -2.16. The first-order valence-electron chi connectivity index (χ1n) is 7.51. The summed E-state index contributed by atoms with van der Waals surface area (Å²) in [4.78, 5) is 11.8. The predicted molar refractivity (Wildman–Crippen MR) is 83.9 cm³/mol. The first kappa shape index (κ1) is 14.5. The van der Waals surface area contributed by atoms with E-state index >= 15 is 0 Å². The van der Waals surface area contributed by atoms with E-state index in [1.54, 1.807) is 6.07 Å². The van der Waals surface area contributed by atoms with Crippen LogP contribution < -0.4 is 0 Å². The molecule has 110 valence electrons. The van der Waals surface area contributed by atoms with Gasteiger partial charge in [0, 0.05) is 12.3 Å². The average molecular weight is 291 g/mol. The lowest BCUT2D eigenvalue weighted by atomic mass is 9.92. The monoisotopic (exact) mass is 291 g/mol. The van der Waals surface area contributed by atoms with Crippen LogP contribution in [0, 0.1) is 17.2 Å². The number of carbonyl (C=O) groups excluding carboxylic acids is 1. The van der Waals surface area contributed by atoms with E-state index in [1.165, 1.54) is 0 Å². The normalized spacial score (nSPS) is 18.9. The molecular weight excluding hydrogens is 274 g/mol. The molecule has 3 nitrogen and oxygen atoms in total. The Bertz CT molecular complexity index is 728. The number of aliphatic hydroxyl groups is 1. The van der Waals surface area contributed by atoms with Gasteiger partial charge in [0.15, 0.2) is 0 Å². The van der Waals surface area contributed by atoms with E-state index in [1.807, 2.05) is 42.5 Å². The van der Waals surface area contributed by atoms with Crippen LogP contribution in [-0.2, 0) is 4.79 Å². The molecule has 1 aliphatic carbocycles. The highest BCUT2D eigenvalue weighted by Gasteiger charge is 2.31. The highest BCUT2D eigenvalue weighted by molar-refractivity contribution is 5.83. The summed E-state index contributed by atoms with van der Waals surface area (Å²) in [6.07, 6.45) is 1.48. The van der Waals surface area contributed by atoms with E-state index in [9.17, 15) is 9.90 Å². The molecule has 2 aromatic rings. The quantitative estimate of drug-likeness (QED) is 0.939. The van der Waals surface area contributed by atoms with Gasteiger partial charge in [-0.3, -0.25) is 4.79 Å². The van der Waals surface area contributed by atoms with Gasteiger partial charge in [-0.15, -0.1) is 0 Å². The lowest BCUT2D eigenvalue weighted by molar-refractivity contribution is -0.123. The fraction of sp³-hybridized carbons (Fsp3) is 0.263. The van der Waals surface area contributed by atoms with E-state index in [-0.39, 0.29) is 11.7 Å². The van der Waals surface area contributed by atoms with Crippen molar-refractivity contribution in [3.63, 3.8) is 0 Å². The van der Waals surface area contributed by atoms with Crippen LogP contribution in [0.25, 0.3) is 11.1 Å². The summed E-state index contributed by atoms with van der Waals surface area (Å²) in [5, 5.41) is 19.5. The largest absolute Gasteiger partial charge is 0.388 e. The minimum Gasteiger partial charge on any atom is -0.388 e. The fourth-order valence-corrected chi connectivity index (χ4v) is 3.10. The van der Waals surface area contributed by atoms with Crippen molar-refractivity contribution < 1.29 is 9.90 Å². The van der Waals surface area contributed by atoms with Gasteiger partial charge < -0.3 is 5.11 Å². The maximum atomic E-state index is 11.8. The molecule has 3 heteroatoms. The molecule has 22 heavy (non-hydrogen) atoms. The third-order valence-electron chi connectivity index (χ3n) is 4.34. The predicted octanol–water partition coefficient (Wildman–Crippen LogP) is 3.63. The average Bonchev–Trinajstić information content (AvgIpc) is 3.00. The highest BCUT2D eigenvalue weighted by Crippen LogP contribution is 2.34. The van der Waals surface area contributed by atoms with Crippen molar-refractivity contribution in [3.05, 3.63) is 59.7 Å². The molecule has 0 spiro atoms. The van der Waals surface area contributed by atoms with Crippen molar-refractivity contribution in [2.45, 2.75) is 25.4 Å². The summed E-state index contributed by atoms with van der Waals surface area (Å²) >= 11 is 0. The Labute approximate surface area is 129 Å². The molecule has 0 bridgehead atoms. The number of Topliss-reactive ketones (excluding diaryl/α,β-unsaturated/α-hetero) is 1. The SMILES string of the molecule is N#Cc1ccccc1-c1ccc([C@H](O)[C@@H]2CCCC2=O)cc1. The van der Waals surface area contributed by atoms with Crippen molar-refractivity contribution in [1.82, 2.24) is 0 Å². The number of hydrogen-bond donors (Lipinski definition) is 1. The Morgan fingerprint density at radius 2 is 1.86 bits per heavy atom. The number of hydrogen-bond acceptors (Lipinski definition) is 3. The van der Waals surface area contributed by atoms with E-state index < -0.39 is 6.10 Å². The van der Waals surface area contributed by atoms with E-state index in [0.29, 0.717) is 12.0 Å². The topological polar surface area (TPSA) is 61.1 Å². The molecule has 0 amide bonds. The number of carbonyl (C=O) groups is 1. The van der Waals surface area contributed by atoms with Crippen LogP contribution in [-0.4, -0.2) is 10.9 Å².